The minimum Gasteiger partial charge on any atom is -0.493 e. The van der Waals surface area contributed by atoms with Crippen LogP contribution in [0.5, 0.6) is 23.1 Å². The van der Waals surface area contributed by atoms with Gasteiger partial charge in [-0.25, -0.2) is 4.98 Å². The number of rotatable bonds is 14. The number of carbonyl (C=O) groups excluding carboxylic acids is 1. The van der Waals surface area contributed by atoms with Crippen LogP contribution in [0.25, 0.3) is 5.70 Å². The lowest BCUT2D eigenvalue weighted by Crippen LogP contribution is -2.45. The van der Waals surface area contributed by atoms with Gasteiger partial charge in [0, 0.05) is 79.2 Å². The van der Waals surface area contributed by atoms with Gasteiger partial charge in [-0.1, -0.05) is 83.4 Å². The Hall–Kier alpha value is -4.34. The summed E-state index contributed by atoms with van der Waals surface area (Å²) in [5.74, 6) is 2.50. The van der Waals surface area contributed by atoms with E-state index in [0.29, 0.717) is 40.6 Å². The molecule has 2 heterocycles. The Labute approximate surface area is 326 Å². The van der Waals surface area contributed by atoms with Crippen LogP contribution in [0, 0.1) is 13.8 Å². The largest absolute Gasteiger partial charge is 0.493 e. The van der Waals surface area contributed by atoms with Gasteiger partial charge >= 0.3 is 0 Å². The summed E-state index contributed by atoms with van der Waals surface area (Å²) in [7, 11) is 0. The summed E-state index contributed by atoms with van der Waals surface area (Å²) in [6, 6.07) is 31.8. The molecule has 0 N–H and O–H groups in total. The number of nitrogens with zero attached hydrogens (tertiary/aromatic N) is 3. The van der Waals surface area contributed by atoms with Crippen molar-refractivity contribution in [3.05, 3.63) is 153 Å². The van der Waals surface area contributed by atoms with E-state index in [1.807, 2.05) is 49.4 Å². The first kappa shape index (κ1) is 38.9. The first-order chi connectivity index (χ1) is 24.8. The maximum Gasteiger partial charge on any atom is 0.219 e. The van der Waals surface area contributed by atoms with E-state index in [-0.39, 0.29) is 17.0 Å². The molecule has 0 unspecified atom stereocenters. The third-order valence-corrected chi connectivity index (χ3v) is 9.55. The van der Waals surface area contributed by atoms with Crippen LogP contribution in [0.15, 0.2) is 109 Å². The standard InChI is InChI=1S/C42H41Cl2N3O4.BrH/c1-30-7-13-35(14-8-30)49-24-18-32-9-11-33(12-10-32)28-46-19-21-47(22-20-46)40(17-23-48)37-25-31(2)41(26-39(37)44)51-42-16-15-36(27-45-42)50-29-34-5-3-4-6-38(34)43;/h3-17,23,25-27H,18-22,24,28-29H2,1-2H3;1H/b40-17+;. The fourth-order valence-corrected chi connectivity index (χ4v) is 6.38. The summed E-state index contributed by atoms with van der Waals surface area (Å²) in [5, 5.41) is 1.15. The first-order valence-electron chi connectivity index (χ1n) is 17.1. The normalized spacial score (nSPS) is 13.3. The van der Waals surface area contributed by atoms with Crippen molar-refractivity contribution >= 4 is 52.2 Å². The number of ether oxygens (including phenoxy) is 3. The van der Waals surface area contributed by atoms with Crippen molar-refractivity contribution in [1.82, 2.24) is 14.8 Å². The number of hydrogen-bond acceptors (Lipinski definition) is 7. The van der Waals surface area contributed by atoms with E-state index in [9.17, 15) is 4.79 Å². The van der Waals surface area contributed by atoms with Crippen LogP contribution in [0.3, 0.4) is 0 Å². The van der Waals surface area contributed by atoms with Crippen LogP contribution >= 0.6 is 40.2 Å². The van der Waals surface area contributed by atoms with Gasteiger partial charge in [-0.15, -0.1) is 17.0 Å². The van der Waals surface area contributed by atoms with E-state index in [1.54, 1.807) is 30.5 Å². The maximum absolute atomic E-state index is 11.8. The quantitative estimate of drug-likeness (QED) is 0.0819. The molecule has 4 aromatic carbocycles. The zero-order valence-electron chi connectivity index (χ0n) is 29.3. The lowest BCUT2D eigenvalue weighted by molar-refractivity contribution is -0.104. The Kier molecular flexibility index (Phi) is 14.2. The predicted molar refractivity (Wildman–Crippen MR) is 214 cm³/mol. The molecule has 5 aromatic rings. The molecule has 0 amide bonds. The molecular formula is C42H42BrCl2N3O4. The van der Waals surface area contributed by atoms with E-state index in [0.717, 1.165) is 73.6 Å². The molecule has 10 heteroatoms. The van der Waals surface area contributed by atoms with Gasteiger partial charge in [0.2, 0.25) is 5.88 Å². The van der Waals surface area contributed by atoms with Gasteiger partial charge in [0.15, 0.2) is 0 Å². The monoisotopic (exact) mass is 801 g/mol. The summed E-state index contributed by atoms with van der Waals surface area (Å²) < 4.78 is 17.8. The van der Waals surface area contributed by atoms with Crippen LogP contribution in [0.2, 0.25) is 10.0 Å². The molecule has 1 saturated heterocycles. The van der Waals surface area contributed by atoms with Crippen molar-refractivity contribution in [1.29, 1.82) is 0 Å². The second-order valence-corrected chi connectivity index (χ2v) is 13.4. The van der Waals surface area contributed by atoms with Gasteiger partial charge in [-0.05, 0) is 60.9 Å². The summed E-state index contributed by atoms with van der Waals surface area (Å²) in [6.07, 6.45) is 4.89. The van der Waals surface area contributed by atoms with Crippen molar-refractivity contribution in [2.75, 3.05) is 32.8 Å². The van der Waals surface area contributed by atoms with Crippen molar-refractivity contribution < 1.29 is 19.0 Å². The number of aldehydes is 1. The van der Waals surface area contributed by atoms with Gasteiger partial charge in [-0.2, -0.15) is 0 Å². The summed E-state index contributed by atoms with van der Waals surface area (Å²) in [5.41, 5.74) is 7.12. The molecule has 0 bridgehead atoms. The maximum atomic E-state index is 11.8. The highest BCUT2D eigenvalue weighted by atomic mass is 79.9. The van der Waals surface area contributed by atoms with Crippen LogP contribution in [0.1, 0.15) is 33.4 Å². The average molecular weight is 804 g/mol. The lowest BCUT2D eigenvalue weighted by Gasteiger charge is -2.37. The lowest BCUT2D eigenvalue weighted by atomic mass is 10.0. The van der Waals surface area contributed by atoms with E-state index >= 15 is 0 Å². The highest BCUT2D eigenvalue weighted by Gasteiger charge is 2.22. The zero-order chi connectivity index (χ0) is 35.6. The second kappa shape index (κ2) is 18.9. The zero-order valence-corrected chi connectivity index (χ0v) is 32.5. The van der Waals surface area contributed by atoms with Crippen LogP contribution in [-0.2, 0) is 24.4 Å². The Morgan fingerprint density at radius 2 is 1.52 bits per heavy atom. The Bertz CT molecular complexity index is 1950. The number of halogens is 3. The fourth-order valence-electron chi connectivity index (χ4n) is 5.94. The molecule has 52 heavy (non-hydrogen) atoms. The summed E-state index contributed by atoms with van der Waals surface area (Å²) in [6.45, 7) is 9.16. The molecule has 1 fully saturated rings. The molecule has 1 aromatic heterocycles. The van der Waals surface area contributed by atoms with Crippen molar-refractivity contribution in [2.45, 2.75) is 33.4 Å². The molecule has 6 rings (SSSR count). The molecule has 1 aliphatic heterocycles. The summed E-state index contributed by atoms with van der Waals surface area (Å²) >= 11 is 13.1. The number of aromatic nitrogens is 1. The molecule has 7 nitrogen and oxygen atoms in total. The first-order valence-corrected chi connectivity index (χ1v) is 17.8. The van der Waals surface area contributed by atoms with E-state index in [4.69, 9.17) is 37.4 Å². The van der Waals surface area contributed by atoms with Crippen LogP contribution < -0.4 is 14.2 Å². The van der Waals surface area contributed by atoms with Gasteiger partial charge in [0.25, 0.3) is 0 Å². The minimum absolute atomic E-state index is 0. The Morgan fingerprint density at radius 1 is 0.808 bits per heavy atom. The number of aryl methyl sites for hydroxylation is 2. The second-order valence-electron chi connectivity index (χ2n) is 12.6. The fraction of sp³-hybridized carbons (Fsp3) is 0.238. The molecule has 1 aliphatic rings. The van der Waals surface area contributed by atoms with Crippen LogP contribution in [-0.4, -0.2) is 53.9 Å². The predicted octanol–water partition coefficient (Wildman–Crippen LogP) is 9.93. The smallest absolute Gasteiger partial charge is 0.219 e. The van der Waals surface area contributed by atoms with Crippen molar-refractivity contribution in [3.63, 3.8) is 0 Å². The van der Waals surface area contributed by atoms with Gasteiger partial charge in [0.05, 0.1) is 17.8 Å². The van der Waals surface area contributed by atoms with E-state index < -0.39 is 0 Å². The number of pyridine rings is 1. The minimum atomic E-state index is 0. The molecule has 0 spiro atoms. The molecule has 0 radical (unpaired) electrons. The number of benzene rings is 4. The topological polar surface area (TPSA) is 64.1 Å². The number of hydrogen-bond donors (Lipinski definition) is 0. The van der Waals surface area contributed by atoms with E-state index in [1.165, 1.54) is 16.7 Å². The number of allylic oxidation sites excluding steroid dienone is 1. The third kappa shape index (κ3) is 10.6. The molecule has 270 valence electrons. The number of carbonyl (C=O) groups is 1. The molecular weight excluding hydrogens is 761 g/mol. The highest BCUT2D eigenvalue weighted by molar-refractivity contribution is 8.93. The van der Waals surface area contributed by atoms with Gasteiger partial charge in [-0.3, -0.25) is 9.69 Å². The molecule has 0 aliphatic carbocycles. The average Bonchev–Trinajstić information content (AvgIpc) is 3.14. The SMILES string of the molecule is Br.Cc1ccc(OCCc2ccc(CN3CCN(/C(=C/C=O)c4cc(C)c(Oc5ccc(OCc6ccccc6Cl)cn5)cc4Cl)CC3)cc2)cc1. The summed E-state index contributed by atoms with van der Waals surface area (Å²) in [4.78, 5) is 20.8. The molecule has 0 atom stereocenters. The highest BCUT2D eigenvalue weighted by Crippen LogP contribution is 2.35. The third-order valence-electron chi connectivity index (χ3n) is 8.86. The Balaban J connectivity index is 0.00000523. The van der Waals surface area contributed by atoms with Crippen molar-refractivity contribution in [2.24, 2.45) is 0 Å². The number of piperazine rings is 1. The van der Waals surface area contributed by atoms with Gasteiger partial charge in [0.1, 0.15) is 30.1 Å². The van der Waals surface area contributed by atoms with E-state index in [2.05, 4.69) is 58.1 Å². The van der Waals surface area contributed by atoms with Crippen molar-refractivity contribution in [3.8, 4) is 23.1 Å². The van der Waals surface area contributed by atoms with Gasteiger partial charge < -0.3 is 19.1 Å². The molecule has 0 saturated carbocycles. The van der Waals surface area contributed by atoms with Crippen LogP contribution in [0.4, 0.5) is 0 Å². The Morgan fingerprint density at radius 3 is 2.21 bits per heavy atom.